The monoisotopic (exact) mass is 347 g/mol. The number of carbonyl (C=O) groups excluding carboxylic acids is 1. The Labute approximate surface area is 113 Å². The van der Waals surface area contributed by atoms with Crippen LogP contribution >= 0.6 is 22.6 Å². The minimum Gasteiger partial charge on any atom is -0.507 e. The fraction of sp³-hybridized carbons (Fsp3) is 0.417. The number of nitrogens with zero attached hydrogens (tertiary/aromatic N) is 1. The molecule has 1 amide bonds. The van der Waals surface area contributed by atoms with Crippen molar-refractivity contribution in [2.45, 2.75) is 18.9 Å². The molecule has 1 aromatic rings. The molecule has 0 radical (unpaired) electrons. The highest BCUT2D eigenvalue weighted by atomic mass is 127. The lowest BCUT2D eigenvalue weighted by Gasteiger charge is -2.23. The molecule has 1 atom stereocenters. The minimum absolute atomic E-state index is 0.00207. The van der Waals surface area contributed by atoms with E-state index in [4.69, 9.17) is 0 Å². The van der Waals surface area contributed by atoms with E-state index in [0.29, 0.717) is 12.1 Å². The third kappa shape index (κ3) is 2.55. The standard InChI is InChI=1S/C12H14INO3/c13-10-4-3-8(6-11(10)16)12(17)14-5-1-2-9(14)7-15/h3-4,6,9,15-16H,1-2,5,7H2. The zero-order valence-corrected chi connectivity index (χ0v) is 11.4. The summed E-state index contributed by atoms with van der Waals surface area (Å²) in [4.78, 5) is 13.9. The Morgan fingerprint density at radius 2 is 2.29 bits per heavy atom. The third-order valence-corrected chi connectivity index (χ3v) is 3.95. The van der Waals surface area contributed by atoms with E-state index < -0.39 is 0 Å². The molecule has 0 bridgehead atoms. The van der Waals surface area contributed by atoms with Crippen LogP contribution in [0.25, 0.3) is 0 Å². The first kappa shape index (κ1) is 12.6. The molecule has 1 fully saturated rings. The van der Waals surface area contributed by atoms with Crippen LogP contribution in [-0.4, -0.2) is 40.2 Å². The van der Waals surface area contributed by atoms with Gasteiger partial charge in [0.15, 0.2) is 0 Å². The van der Waals surface area contributed by atoms with Crippen LogP contribution in [-0.2, 0) is 0 Å². The summed E-state index contributed by atoms with van der Waals surface area (Å²) in [5.41, 5.74) is 0.475. The van der Waals surface area contributed by atoms with Gasteiger partial charge in [0.05, 0.1) is 16.2 Å². The van der Waals surface area contributed by atoms with E-state index in [1.165, 1.54) is 6.07 Å². The predicted molar refractivity (Wildman–Crippen MR) is 72.0 cm³/mol. The fourth-order valence-electron chi connectivity index (χ4n) is 2.10. The number of aliphatic hydroxyl groups is 1. The number of likely N-dealkylation sites (tertiary alicyclic amines) is 1. The van der Waals surface area contributed by atoms with Crippen molar-refractivity contribution in [2.75, 3.05) is 13.2 Å². The molecular weight excluding hydrogens is 333 g/mol. The first-order chi connectivity index (χ1) is 8.13. The first-order valence-electron chi connectivity index (χ1n) is 5.54. The molecule has 4 nitrogen and oxygen atoms in total. The molecule has 0 aromatic heterocycles. The van der Waals surface area contributed by atoms with E-state index in [9.17, 15) is 15.0 Å². The number of phenolic OH excluding ortho intramolecular Hbond substituents is 1. The summed E-state index contributed by atoms with van der Waals surface area (Å²) in [5, 5.41) is 18.8. The van der Waals surface area contributed by atoms with Crippen LogP contribution in [0.4, 0.5) is 0 Å². The molecule has 1 saturated heterocycles. The average Bonchev–Trinajstić information content (AvgIpc) is 2.80. The molecule has 1 aliphatic rings. The molecule has 1 aromatic carbocycles. The number of carbonyl (C=O) groups is 1. The number of aliphatic hydroxyl groups excluding tert-OH is 1. The van der Waals surface area contributed by atoms with Crippen molar-refractivity contribution < 1.29 is 15.0 Å². The Hall–Kier alpha value is -0.820. The number of hydrogen-bond acceptors (Lipinski definition) is 3. The molecule has 0 spiro atoms. The number of rotatable bonds is 2. The molecule has 92 valence electrons. The molecular formula is C12H14INO3. The lowest BCUT2D eigenvalue weighted by Crippen LogP contribution is -2.37. The predicted octanol–water partition coefficient (Wildman–Crippen LogP) is 1.59. The van der Waals surface area contributed by atoms with Crippen molar-refractivity contribution in [3.63, 3.8) is 0 Å². The van der Waals surface area contributed by atoms with Gasteiger partial charge in [0, 0.05) is 12.1 Å². The maximum atomic E-state index is 12.2. The second-order valence-corrected chi connectivity index (χ2v) is 5.31. The van der Waals surface area contributed by atoms with Crippen molar-refractivity contribution in [1.82, 2.24) is 4.90 Å². The van der Waals surface area contributed by atoms with Crippen molar-refractivity contribution in [3.8, 4) is 5.75 Å². The maximum Gasteiger partial charge on any atom is 0.254 e. The van der Waals surface area contributed by atoms with E-state index in [1.807, 2.05) is 22.6 Å². The number of hydrogen-bond donors (Lipinski definition) is 2. The quantitative estimate of drug-likeness (QED) is 0.799. The maximum absolute atomic E-state index is 12.2. The summed E-state index contributed by atoms with van der Waals surface area (Å²) < 4.78 is 0.722. The molecule has 1 heterocycles. The highest BCUT2D eigenvalue weighted by Crippen LogP contribution is 2.24. The van der Waals surface area contributed by atoms with Crippen LogP contribution in [0, 0.1) is 3.57 Å². The molecule has 5 heteroatoms. The van der Waals surface area contributed by atoms with Crippen LogP contribution < -0.4 is 0 Å². The zero-order valence-electron chi connectivity index (χ0n) is 9.27. The molecule has 2 rings (SSSR count). The Kier molecular flexibility index (Phi) is 3.88. The molecule has 0 saturated carbocycles. The summed E-state index contributed by atoms with van der Waals surface area (Å²) in [6.45, 7) is 0.679. The van der Waals surface area contributed by atoms with Crippen molar-refractivity contribution in [1.29, 1.82) is 0 Å². The van der Waals surface area contributed by atoms with E-state index in [0.717, 1.165) is 16.4 Å². The number of aromatic hydroxyl groups is 1. The Morgan fingerprint density at radius 1 is 1.53 bits per heavy atom. The Balaban J connectivity index is 2.21. The average molecular weight is 347 g/mol. The van der Waals surface area contributed by atoms with Crippen LogP contribution in [0.3, 0.4) is 0 Å². The summed E-state index contributed by atoms with van der Waals surface area (Å²) in [6, 6.07) is 4.82. The third-order valence-electron chi connectivity index (χ3n) is 3.04. The zero-order chi connectivity index (χ0) is 12.4. The first-order valence-corrected chi connectivity index (χ1v) is 6.61. The molecule has 0 aliphatic carbocycles. The van der Waals surface area contributed by atoms with Gasteiger partial charge in [-0.15, -0.1) is 0 Å². The number of amides is 1. The van der Waals surface area contributed by atoms with E-state index >= 15 is 0 Å². The smallest absolute Gasteiger partial charge is 0.254 e. The molecule has 17 heavy (non-hydrogen) atoms. The highest BCUT2D eigenvalue weighted by Gasteiger charge is 2.28. The summed E-state index contributed by atoms with van der Waals surface area (Å²) >= 11 is 2.01. The van der Waals surface area contributed by atoms with Crippen LogP contribution in [0.1, 0.15) is 23.2 Å². The van der Waals surface area contributed by atoms with Crippen molar-refractivity contribution >= 4 is 28.5 Å². The number of benzene rings is 1. The molecule has 1 aliphatic heterocycles. The van der Waals surface area contributed by atoms with Crippen LogP contribution in [0.5, 0.6) is 5.75 Å². The number of phenols is 1. The van der Waals surface area contributed by atoms with Gasteiger partial charge in [-0.05, 0) is 53.6 Å². The molecule has 2 N–H and O–H groups in total. The van der Waals surface area contributed by atoms with Gasteiger partial charge >= 0.3 is 0 Å². The lowest BCUT2D eigenvalue weighted by molar-refractivity contribution is 0.0677. The minimum atomic E-state index is -0.117. The van der Waals surface area contributed by atoms with Gasteiger partial charge < -0.3 is 15.1 Å². The van der Waals surface area contributed by atoms with Gasteiger partial charge in [-0.3, -0.25) is 4.79 Å². The SMILES string of the molecule is O=C(c1ccc(I)c(O)c1)N1CCCC1CO. The van der Waals surface area contributed by atoms with Crippen LogP contribution in [0.15, 0.2) is 18.2 Å². The van der Waals surface area contributed by atoms with Gasteiger partial charge in [-0.25, -0.2) is 0 Å². The van der Waals surface area contributed by atoms with Gasteiger partial charge in [0.1, 0.15) is 5.75 Å². The van der Waals surface area contributed by atoms with E-state index in [1.54, 1.807) is 17.0 Å². The van der Waals surface area contributed by atoms with Gasteiger partial charge in [-0.1, -0.05) is 0 Å². The normalized spacial score (nSPS) is 19.6. The van der Waals surface area contributed by atoms with Crippen LogP contribution in [0.2, 0.25) is 0 Å². The Bertz CT molecular complexity index is 436. The second-order valence-electron chi connectivity index (χ2n) is 4.14. The largest absolute Gasteiger partial charge is 0.507 e. The van der Waals surface area contributed by atoms with E-state index in [2.05, 4.69) is 0 Å². The Morgan fingerprint density at radius 3 is 2.94 bits per heavy atom. The molecule has 1 unspecified atom stereocenters. The van der Waals surface area contributed by atoms with Gasteiger partial charge in [0.25, 0.3) is 5.91 Å². The summed E-state index contributed by atoms with van der Waals surface area (Å²) in [5.74, 6) is 0.00412. The van der Waals surface area contributed by atoms with Gasteiger partial charge in [0.2, 0.25) is 0 Å². The van der Waals surface area contributed by atoms with Gasteiger partial charge in [-0.2, -0.15) is 0 Å². The fourth-order valence-corrected chi connectivity index (χ4v) is 2.44. The number of halogens is 1. The summed E-state index contributed by atoms with van der Waals surface area (Å²) in [7, 11) is 0. The van der Waals surface area contributed by atoms with Crippen molar-refractivity contribution in [2.24, 2.45) is 0 Å². The second kappa shape index (κ2) is 5.22. The lowest BCUT2D eigenvalue weighted by atomic mass is 10.1. The topological polar surface area (TPSA) is 60.8 Å². The highest BCUT2D eigenvalue weighted by molar-refractivity contribution is 14.1. The summed E-state index contributed by atoms with van der Waals surface area (Å²) in [6.07, 6.45) is 1.77. The van der Waals surface area contributed by atoms with Crippen molar-refractivity contribution in [3.05, 3.63) is 27.3 Å². The van der Waals surface area contributed by atoms with E-state index in [-0.39, 0.29) is 24.3 Å².